The highest BCUT2D eigenvalue weighted by molar-refractivity contribution is 8.26. The summed E-state index contributed by atoms with van der Waals surface area (Å²) in [6, 6.07) is 28.4. The third-order valence-corrected chi connectivity index (χ3v) is 18.3. The van der Waals surface area contributed by atoms with Crippen LogP contribution in [0, 0.1) is 0 Å². The predicted molar refractivity (Wildman–Crippen MR) is 346 cm³/mol. The summed E-state index contributed by atoms with van der Waals surface area (Å²) in [7, 11) is 0. The molecule has 0 saturated carbocycles. The monoisotopic (exact) mass is 1380 g/mol. The number of amides is 2. The number of benzene rings is 5. The first-order valence-electron chi connectivity index (χ1n) is 28.7. The van der Waals surface area contributed by atoms with Crippen molar-refractivity contribution in [2.75, 3.05) is 52.9 Å². The minimum atomic E-state index is -1.37. The molecule has 3 aliphatic rings. The van der Waals surface area contributed by atoms with E-state index in [1.807, 2.05) is 0 Å². The maximum absolute atomic E-state index is 15.1. The molecule has 0 unspecified atom stereocenters. The summed E-state index contributed by atoms with van der Waals surface area (Å²) >= 11 is 2.66. The molecule has 5 aromatic rings. The van der Waals surface area contributed by atoms with Gasteiger partial charge in [0.25, 0.3) is 11.8 Å². The molecule has 496 valence electrons. The second-order valence-electron chi connectivity index (χ2n) is 20.5. The minimum absolute atomic E-state index is 0.0159. The topological polar surface area (TPSA) is 304 Å². The highest BCUT2D eigenvalue weighted by Gasteiger charge is 2.48. The molecule has 96 heavy (non-hydrogen) atoms. The lowest BCUT2D eigenvalue weighted by atomic mass is 10.1. The molecule has 0 atom stereocenters. The van der Waals surface area contributed by atoms with E-state index in [1.165, 1.54) is 86.2 Å². The largest absolute Gasteiger partial charge is 0.459 e. The molecule has 28 heteroatoms. The zero-order valence-corrected chi connectivity index (χ0v) is 55.1. The van der Waals surface area contributed by atoms with Gasteiger partial charge in [-0.3, -0.25) is 9.59 Å². The number of hydrogen-bond acceptors (Lipinski definition) is 26. The first-order chi connectivity index (χ1) is 45.9. The molecule has 3 heterocycles. The molecular weight excluding hydrogens is 1330 g/mol. The fourth-order valence-electron chi connectivity index (χ4n) is 8.45. The van der Waals surface area contributed by atoms with E-state index < -0.39 is 128 Å². The molecule has 0 spiro atoms. The van der Waals surface area contributed by atoms with Gasteiger partial charge in [0.15, 0.2) is 17.1 Å². The minimum Gasteiger partial charge on any atom is -0.459 e. The maximum Gasteiger partial charge on any atom is 0.347 e. The Morgan fingerprint density at radius 2 is 0.625 bits per heavy atom. The van der Waals surface area contributed by atoms with Crippen molar-refractivity contribution in [2.24, 2.45) is 0 Å². The standard InChI is InChI=1S/C68H58N2O22S4/c1-37(2)57(73)83-27-31-87-61(77)43-23-15-17-25-45(43)63(79)91-49-51-52(94-67(93-51)47-55(71)69(35-41-19-11-9-12-20-41)70(56(47)72)36-42-21-13-10-14-22-42)50(92-64(80)46-26-18-16-24-44(46)62(78)88-32-28-84-58(74)38(3)4)54-53(49)95-68(96-54)48(65(81)89-33-29-85-59(75)39(5)6)66(82)90-34-30-86-60(76)40(7)8/h9-26H,1,3,5,7,27-36H2,2,4,6,8H3. The van der Waals surface area contributed by atoms with Crippen LogP contribution >= 0.6 is 47.0 Å². The third-order valence-electron chi connectivity index (χ3n) is 13.1. The van der Waals surface area contributed by atoms with Gasteiger partial charge in [0.2, 0.25) is 0 Å². The molecule has 0 radical (unpaired) electrons. The number of hydrogen-bond donors (Lipinski definition) is 0. The predicted octanol–water partition coefficient (Wildman–Crippen LogP) is 9.81. The van der Waals surface area contributed by atoms with Crippen LogP contribution in [-0.4, -0.2) is 134 Å². The van der Waals surface area contributed by atoms with Gasteiger partial charge in [-0.2, -0.15) is 0 Å². The highest BCUT2D eigenvalue weighted by atomic mass is 32.2. The Hall–Kier alpha value is -10.4. The molecule has 0 aromatic heterocycles. The summed E-state index contributed by atoms with van der Waals surface area (Å²) in [6.45, 7) is 15.6. The van der Waals surface area contributed by atoms with Crippen LogP contribution in [0.5, 0.6) is 11.5 Å². The second-order valence-corrected chi connectivity index (χ2v) is 25.1. The zero-order chi connectivity index (χ0) is 69.3. The first kappa shape index (κ1) is 71.4. The second kappa shape index (κ2) is 33.1. The van der Waals surface area contributed by atoms with Crippen molar-refractivity contribution in [3.8, 4) is 11.5 Å². The van der Waals surface area contributed by atoms with E-state index in [9.17, 15) is 38.4 Å². The number of carbonyl (C=O) groups is 12. The summed E-state index contributed by atoms with van der Waals surface area (Å²) in [6.07, 6.45) is 0. The van der Waals surface area contributed by atoms with E-state index in [0.717, 1.165) is 23.5 Å². The van der Waals surface area contributed by atoms with Gasteiger partial charge >= 0.3 is 59.7 Å². The quantitative estimate of drug-likeness (QED) is 0.00855. The smallest absolute Gasteiger partial charge is 0.347 e. The summed E-state index contributed by atoms with van der Waals surface area (Å²) in [5, 5.41) is 2.55. The maximum atomic E-state index is 15.1. The van der Waals surface area contributed by atoms with Crippen molar-refractivity contribution in [1.29, 1.82) is 0 Å². The van der Waals surface area contributed by atoms with Crippen molar-refractivity contribution < 1.29 is 105 Å². The van der Waals surface area contributed by atoms with E-state index in [0.29, 0.717) is 34.7 Å². The van der Waals surface area contributed by atoms with Gasteiger partial charge in [0.1, 0.15) is 58.4 Å². The molecule has 0 aliphatic carbocycles. The molecule has 1 fully saturated rings. The number of carbonyl (C=O) groups excluding carboxylic acids is 12. The Morgan fingerprint density at radius 1 is 0.354 bits per heavy atom. The third kappa shape index (κ3) is 17.7. The van der Waals surface area contributed by atoms with Gasteiger partial charge in [-0.05, 0) is 63.1 Å². The van der Waals surface area contributed by atoms with Gasteiger partial charge in [-0.25, -0.2) is 58.0 Å². The van der Waals surface area contributed by atoms with Crippen molar-refractivity contribution in [3.05, 3.63) is 211 Å². The van der Waals surface area contributed by atoms with Gasteiger partial charge in [0.05, 0.1) is 63.4 Å². The molecule has 3 aliphatic heterocycles. The van der Waals surface area contributed by atoms with Gasteiger partial charge in [-0.1, -0.05) is 158 Å². The van der Waals surface area contributed by atoms with Crippen molar-refractivity contribution in [3.63, 3.8) is 0 Å². The highest BCUT2D eigenvalue weighted by Crippen LogP contribution is 2.69. The van der Waals surface area contributed by atoms with E-state index in [-0.39, 0.29) is 104 Å². The Labute approximate surface area is 565 Å². The molecule has 24 nitrogen and oxygen atoms in total. The summed E-state index contributed by atoms with van der Waals surface area (Å²) < 4.78 is 54.5. The summed E-state index contributed by atoms with van der Waals surface area (Å²) in [4.78, 5) is 165. The van der Waals surface area contributed by atoms with Crippen LogP contribution in [0.15, 0.2) is 197 Å². The average Bonchev–Trinajstić information content (AvgIpc) is 1.57. The number of fused-ring (bicyclic) bond motifs is 2. The average molecular weight is 1380 g/mol. The van der Waals surface area contributed by atoms with Gasteiger partial charge < -0.3 is 47.4 Å². The van der Waals surface area contributed by atoms with Crippen LogP contribution < -0.4 is 9.47 Å². The number of rotatable bonds is 28. The Morgan fingerprint density at radius 3 is 0.938 bits per heavy atom. The molecular formula is C68H58N2O22S4. The van der Waals surface area contributed by atoms with Crippen LogP contribution in [0.1, 0.15) is 80.3 Å². The van der Waals surface area contributed by atoms with Gasteiger partial charge in [0, 0.05) is 22.3 Å². The number of nitrogens with zero attached hydrogens (tertiary/aromatic N) is 2. The lowest BCUT2D eigenvalue weighted by Gasteiger charge is -2.27. The Kier molecular flexibility index (Phi) is 24.6. The van der Waals surface area contributed by atoms with Crippen molar-refractivity contribution >= 4 is 119 Å². The van der Waals surface area contributed by atoms with Crippen LogP contribution in [-0.2, 0) is 89.3 Å². The molecule has 0 bridgehead atoms. The number of thioether (sulfide) groups is 4. The molecule has 1 saturated heterocycles. The fourth-order valence-corrected chi connectivity index (χ4v) is 13.9. The molecule has 8 rings (SSSR count). The van der Waals surface area contributed by atoms with Crippen LogP contribution in [0.2, 0.25) is 0 Å². The first-order valence-corrected chi connectivity index (χ1v) is 32.0. The van der Waals surface area contributed by atoms with E-state index >= 15 is 19.2 Å². The van der Waals surface area contributed by atoms with Crippen molar-refractivity contribution in [2.45, 2.75) is 60.4 Å². The zero-order valence-electron chi connectivity index (χ0n) is 51.8. The molecule has 5 aromatic carbocycles. The lowest BCUT2D eigenvalue weighted by Crippen LogP contribution is -2.39. The van der Waals surface area contributed by atoms with Crippen LogP contribution in [0.4, 0.5) is 0 Å². The van der Waals surface area contributed by atoms with E-state index in [1.54, 1.807) is 60.7 Å². The number of esters is 10. The molecule has 2 amide bonds. The van der Waals surface area contributed by atoms with Crippen LogP contribution in [0.3, 0.4) is 0 Å². The Bertz CT molecular complexity index is 3890. The SMILES string of the molecule is C=C(C)C(=O)OCCOC(=O)C(C(=O)OCCOC(=O)C(=C)C)=C1Sc2c(OC(=O)c3ccccc3C(=O)OCCOC(=O)C(=C)C)c3c(c(OC(=O)c4ccccc4C(=O)OCCOC(=O)C(=C)C)c2S1)SC(=C1C(=O)N(Cc2ccccc2)N(Cc2ccccc2)C1=O)S3. The molecule has 0 N–H and O–H groups in total. The van der Waals surface area contributed by atoms with Gasteiger partial charge in [-0.15, -0.1) is 0 Å². The van der Waals surface area contributed by atoms with Crippen LogP contribution in [0.25, 0.3) is 0 Å². The number of hydrazine groups is 1. The number of ether oxygens (including phenoxy) is 10. The lowest BCUT2D eigenvalue weighted by molar-refractivity contribution is -0.153. The van der Waals surface area contributed by atoms with Crippen molar-refractivity contribution in [1.82, 2.24) is 10.0 Å². The normalized spacial score (nSPS) is 12.7. The van der Waals surface area contributed by atoms with E-state index in [2.05, 4.69) is 26.3 Å². The Balaban J connectivity index is 1.30. The summed E-state index contributed by atoms with van der Waals surface area (Å²) in [5.74, 6) is -12.8. The fraction of sp³-hybridized carbons (Fsp3) is 0.206. The summed E-state index contributed by atoms with van der Waals surface area (Å²) in [5.41, 5.74) is -1.10. The van der Waals surface area contributed by atoms with E-state index in [4.69, 9.17) is 47.4 Å².